The minimum Gasteiger partial charge on any atom is -0.506 e. The van der Waals surface area contributed by atoms with Gasteiger partial charge in [-0.1, -0.05) is 12.1 Å². The summed E-state index contributed by atoms with van der Waals surface area (Å²) in [7, 11) is 0. The van der Waals surface area contributed by atoms with Gasteiger partial charge in [-0.15, -0.1) is 0 Å². The Labute approximate surface area is 122 Å². The van der Waals surface area contributed by atoms with Crippen LogP contribution in [0.1, 0.15) is 16.8 Å². The van der Waals surface area contributed by atoms with Crippen LogP contribution in [0, 0.1) is 25.2 Å². The van der Waals surface area contributed by atoms with Gasteiger partial charge in [-0.3, -0.25) is 4.98 Å². The van der Waals surface area contributed by atoms with Gasteiger partial charge >= 0.3 is 0 Å². The van der Waals surface area contributed by atoms with E-state index in [0.717, 1.165) is 22.5 Å². The fourth-order valence-corrected chi connectivity index (χ4v) is 2.37. The second-order valence-corrected chi connectivity index (χ2v) is 4.97. The third kappa shape index (κ3) is 2.19. The number of hydrogen-bond acceptors (Lipinski definition) is 4. The smallest absolute Gasteiger partial charge is 0.143 e. The van der Waals surface area contributed by atoms with Gasteiger partial charge in [0, 0.05) is 10.9 Å². The number of hydrogen-bond donors (Lipinski definition) is 1. The van der Waals surface area contributed by atoms with E-state index in [9.17, 15) is 5.11 Å². The van der Waals surface area contributed by atoms with Gasteiger partial charge in [0.15, 0.2) is 0 Å². The molecule has 0 aliphatic rings. The summed E-state index contributed by atoms with van der Waals surface area (Å²) in [6.07, 6.45) is 1.44. The molecule has 4 nitrogen and oxygen atoms in total. The molecule has 0 atom stereocenters. The molecule has 0 saturated heterocycles. The molecule has 0 amide bonds. The van der Waals surface area contributed by atoms with Crippen LogP contribution in [0.3, 0.4) is 0 Å². The molecule has 3 aromatic rings. The summed E-state index contributed by atoms with van der Waals surface area (Å²) in [6.45, 7) is 3.82. The van der Waals surface area contributed by atoms with Gasteiger partial charge in [0.25, 0.3) is 0 Å². The Kier molecular flexibility index (Phi) is 3.03. The highest BCUT2D eigenvalue weighted by molar-refractivity contribution is 5.89. The highest BCUT2D eigenvalue weighted by atomic mass is 16.3. The number of rotatable bonds is 1. The Bertz CT molecular complexity index is 877. The molecule has 0 unspecified atom stereocenters. The second kappa shape index (κ2) is 4.88. The Morgan fingerprint density at radius 1 is 1.14 bits per heavy atom. The molecule has 0 aliphatic carbocycles. The topological polar surface area (TPSA) is 69.8 Å². The zero-order valence-corrected chi connectivity index (χ0v) is 11.8. The number of aryl methyl sites for hydroxylation is 2. The monoisotopic (exact) mass is 275 g/mol. The number of fused-ring (bicyclic) bond motifs is 1. The molecule has 21 heavy (non-hydrogen) atoms. The van der Waals surface area contributed by atoms with E-state index in [0.29, 0.717) is 16.5 Å². The normalized spacial score (nSPS) is 10.5. The molecule has 0 bridgehead atoms. The average Bonchev–Trinajstić information content (AvgIpc) is 2.51. The van der Waals surface area contributed by atoms with E-state index >= 15 is 0 Å². The quantitative estimate of drug-likeness (QED) is 0.738. The average molecular weight is 275 g/mol. The zero-order chi connectivity index (χ0) is 15.0. The predicted octanol–water partition coefficient (Wildman–Crippen LogP) is 3.49. The Morgan fingerprint density at radius 2 is 1.86 bits per heavy atom. The molecule has 1 aromatic carbocycles. The maximum Gasteiger partial charge on any atom is 0.143 e. The SMILES string of the molecule is Cc1cc2c(O)cnc(C)c2nc1-c1ccc(C#N)cc1. The van der Waals surface area contributed by atoms with E-state index < -0.39 is 0 Å². The summed E-state index contributed by atoms with van der Waals surface area (Å²) < 4.78 is 0. The molecule has 4 heteroatoms. The Hall–Kier alpha value is -2.93. The summed E-state index contributed by atoms with van der Waals surface area (Å²) >= 11 is 0. The van der Waals surface area contributed by atoms with Crippen molar-refractivity contribution in [3.8, 4) is 23.1 Å². The lowest BCUT2D eigenvalue weighted by Gasteiger charge is -2.10. The van der Waals surface area contributed by atoms with Gasteiger partial charge in [-0.25, -0.2) is 4.98 Å². The standard InChI is InChI=1S/C17H13N3O/c1-10-7-14-15(21)9-19-11(2)17(14)20-16(10)13-5-3-12(8-18)4-6-13/h3-7,9,21H,1-2H3. The van der Waals surface area contributed by atoms with Crippen LogP contribution in [-0.4, -0.2) is 15.1 Å². The molecule has 0 radical (unpaired) electrons. The number of nitrogens with zero attached hydrogens (tertiary/aromatic N) is 3. The van der Waals surface area contributed by atoms with E-state index in [2.05, 4.69) is 16.0 Å². The van der Waals surface area contributed by atoms with E-state index in [1.54, 1.807) is 12.1 Å². The van der Waals surface area contributed by atoms with Crippen LogP contribution < -0.4 is 0 Å². The molecule has 2 aromatic heterocycles. The molecule has 0 spiro atoms. The lowest BCUT2D eigenvalue weighted by atomic mass is 10.0. The summed E-state index contributed by atoms with van der Waals surface area (Å²) in [5, 5.41) is 19.5. The lowest BCUT2D eigenvalue weighted by Crippen LogP contribution is -1.94. The Morgan fingerprint density at radius 3 is 2.52 bits per heavy atom. The van der Waals surface area contributed by atoms with E-state index in [4.69, 9.17) is 5.26 Å². The third-order valence-electron chi connectivity index (χ3n) is 3.50. The largest absolute Gasteiger partial charge is 0.506 e. The second-order valence-electron chi connectivity index (χ2n) is 4.97. The van der Waals surface area contributed by atoms with Gasteiger partial charge in [0.2, 0.25) is 0 Å². The van der Waals surface area contributed by atoms with Crippen molar-refractivity contribution < 1.29 is 5.11 Å². The number of aromatic nitrogens is 2. The first kappa shape index (κ1) is 13.1. The van der Waals surface area contributed by atoms with Crippen molar-refractivity contribution in [2.75, 3.05) is 0 Å². The molecule has 1 N–H and O–H groups in total. The molecule has 0 fully saturated rings. The van der Waals surface area contributed by atoms with Crippen LogP contribution in [-0.2, 0) is 0 Å². The predicted molar refractivity (Wildman–Crippen MR) is 80.8 cm³/mol. The molecule has 2 heterocycles. The molecule has 0 saturated carbocycles. The first-order valence-electron chi connectivity index (χ1n) is 6.56. The maximum atomic E-state index is 9.91. The van der Waals surface area contributed by atoms with Crippen LogP contribution in [0.4, 0.5) is 0 Å². The molecule has 0 aliphatic heterocycles. The number of aromatic hydroxyl groups is 1. The molecule has 102 valence electrons. The summed E-state index contributed by atoms with van der Waals surface area (Å²) in [5.74, 6) is 0.137. The van der Waals surface area contributed by atoms with Crippen LogP contribution in [0.5, 0.6) is 5.75 Å². The summed E-state index contributed by atoms with van der Waals surface area (Å²) in [4.78, 5) is 8.80. The summed E-state index contributed by atoms with van der Waals surface area (Å²) in [6, 6.07) is 11.3. The van der Waals surface area contributed by atoms with Crippen LogP contribution in [0.15, 0.2) is 36.5 Å². The number of pyridine rings is 2. The number of benzene rings is 1. The third-order valence-corrected chi connectivity index (χ3v) is 3.50. The van der Waals surface area contributed by atoms with Crippen molar-refractivity contribution in [1.29, 1.82) is 5.26 Å². The van der Waals surface area contributed by atoms with Crippen LogP contribution >= 0.6 is 0 Å². The van der Waals surface area contributed by atoms with Gasteiger partial charge in [0.05, 0.1) is 34.7 Å². The molecule has 3 rings (SSSR count). The van der Waals surface area contributed by atoms with Crippen molar-refractivity contribution in [1.82, 2.24) is 9.97 Å². The summed E-state index contributed by atoms with van der Waals surface area (Å²) in [5.41, 5.74) is 4.83. The van der Waals surface area contributed by atoms with E-state index in [1.165, 1.54) is 6.20 Å². The lowest BCUT2D eigenvalue weighted by molar-refractivity contribution is 0.479. The highest BCUT2D eigenvalue weighted by Crippen LogP contribution is 2.30. The van der Waals surface area contributed by atoms with Crippen molar-refractivity contribution in [3.63, 3.8) is 0 Å². The highest BCUT2D eigenvalue weighted by Gasteiger charge is 2.11. The van der Waals surface area contributed by atoms with Gasteiger partial charge < -0.3 is 5.11 Å². The number of nitriles is 1. The van der Waals surface area contributed by atoms with Gasteiger partial charge in [0.1, 0.15) is 5.75 Å². The molecular formula is C17H13N3O. The first-order valence-corrected chi connectivity index (χ1v) is 6.56. The van der Waals surface area contributed by atoms with Crippen LogP contribution in [0.25, 0.3) is 22.2 Å². The van der Waals surface area contributed by atoms with E-state index in [1.807, 2.05) is 32.0 Å². The van der Waals surface area contributed by atoms with E-state index in [-0.39, 0.29) is 5.75 Å². The minimum absolute atomic E-state index is 0.137. The Balaban J connectivity index is 2.25. The minimum atomic E-state index is 0.137. The van der Waals surface area contributed by atoms with Gasteiger partial charge in [-0.05, 0) is 37.6 Å². The first-order chi connectivity index (χ1) is 10.1. The van der Waals surface area contributed by atoms with Crippen LogP contribution in [0.2, 0.25) is 0 Å². The van der Waals surface area contributed by atoms with Crippen molar-refractivity contribution in [2.45, 2.75) is 13.8 Å². The van der Waals surface area contributed by atoms with Crippen molar-refractivity contribution in [2.24, 2.45) is 0 Å². The maximum absolute atomic E-state index is 9.91. The fraction of sp³-hybridized carbons (Fsp3) is 0.118. The zero-order valence-electron chi connectivity index (χ0n) is 11.8. The van der Waals surface area contributed by atoms with Gasteiger partial charge in [-0.2, -0.15) is 5.26 Å². The van der Waals surface area contributed by atoms with Crippen molar-refractivity contribution in [3.05, 3.63) is 53.3 Å². The molecular weight excluding hydrogens is 262 g/mol. The fourth-order valence-electron chi connectivity index (χ4n) is 2.37. The van der Waals surface area contributed by atoms with Crippen molar-refractivity contribution >= 4 is 10.9 Å².